The van der Waals surface area contributed by atoms with E-state index < -0.39 is 21.9 Å². The Bertz CT molecular complexity index is 286. The predicted octanol–water partition coefficient (Wildman–Crippen LogP) is 0.425. The molecule has 84 valence electrons. The first-order chi connectivity index (χ1) is 6.28. The second-order valence-corrected chi connectivity index (χ2v) is 5.25. The summed E-state index contributed by atoms with van der Waals surface area (Å²) in [7, 11) is -3.47. The van der Waals surface area contributed by atoms with Crippen molar-refractivity contribution in [2.24, 2.45) is 5.92 Å². The maximum absolute atomic E-state index is 11.3. The number of aliphatic carboxylic acids is 1. The van der Waals surface area contributed by atoms with Crippen LogP contribution < -0.4 is 4.72 Å². The third-order valence-electron chi connectivity index (χ3n) is 1.88. The molecule has 0 aliphatic carbocycles. The summed E-state index contributed by atoms with van der Waals surface area (Å²) >= 11 is 0. The van der Waals surface area contributed by atoms with Gasteiger partial charge in [-0.1, -0.05) is 13.8 Å². The van der Waals surface area contributed by atoms with Crippen LogP contribution in [0.3, 0.4) is 0 Å². The van der Waals surface area contributed by atoms with Crippen LogP contribution in [-0.4, -0.2) is 31.3 Å². The van der Waals surface area contributed by atoms with E-state index in [1.165, 1.54) is 6.92 Å². The lowest BCUT2D eigenvalue weighted by atomic mass is 10.2. The molecule has 0 rings (SSSR count). The van der Waals surface area contributed by atoms with Gasteiger partial charge >= 0.3 is 5.97 Å². The molecule has 0 aliphatic rings. The molecule has 2 N–H and O–H groups in total. The number of nitrogens with one attached hydrogen (secondary N) is 1. The number of carboxylic acid groups (broad SMARTS) is 1. The van der Waals surface area contributed by atoms with Crippen molar-refractivity contribution < 1.29 is 18.3 Å². The average molecular weight is 223 g/mol. The molecule has 0 aromatic rings. The van der Waals surface area contributed by atoms with Gasteiger partial charge in [-0.15, -0.1) is 0 Å². The lowest BCUT2D eigenvalue weighted by molar-refractivity contribution is -0.140. The fourth-order valence-electron chi connectivity index (χ4n) is 0.838. The van der Waals surface area contributed by atoms with E-state index in [4.69, 9.17) is 5.11 Å². The van der Waals surface area contributed by atoms with Gasteiger partial charge in [0.05, 0.1) is 11.7 Å². The highest BCUT2D eigenvalue weighted by molar-refractivity contribution is 7.89. The largest absolute Gasteiger partial charge is 0.481 e. The van der Waals surface area contributed by atoms with Crippen LogP contribution in [0.4, 0.5) is 0 Å². The van der Waals surface area contributed by atoms with Crippen LogP contribution in [0.2, 0.25) is 0 Å². The van der Waals surface area contributed by atoms with Gasteiger partial charge < -0.3 is 5.11 Å². The summed E-state index contributed by atoms with van der Waals surface area (Å²) in [5.74, 6) is -2.34. The molecule has 0 aliphatic heterocycles. The molecule has 0 saturated carbocycles. The number of carbonyl (C=O) groups is 1. The molecule has 5 nitrogen and oxygen atoms in total. The summed E-state index contributed by atoms with van der Waals surface area (Å²) in [5, 5.41) is 8.54. The highest BCUT2D eigenvalue weighted by atomic mass is 32.2. The van der Waals surface area contributed by atoms with Crippen molar-refractivity contribution in [3.63, 3.8) is 0 Å². The Morgan fingerprint density at radius 2 is 1.93 bits per heavy atom. The minimum atomic E-state index is -3.47. The lowest BCUT2D eigenvalue weighted by Gasteiger charge is -2.13. The molecule has 0 fully saturated rings. The molecule has 0 radical (unpaired) electrons. The molecular formula is C8H17NO4S. The summed E-state index contributed by atoms with van der Waals surface area (Å²) in [4.78, 5) is 10.4. The number of carboxylic acids is 1. The van der Waals surface area contributed by atoms with Crippen LogP contribution in [0.1, 0.15) is 27.2 Å². The molecule has 0 aromatic carbocycles. The van der Waals surface area contributed by atoms with Gasteiger partial charge in [0.2, 0.25) is 10.0 Å². The lowest BCUT2D eigenvalue weighted by Crippen LogP contribution is -2.36. The van der Waals surface area contributed by atoms with E-state index in [-0.39, 0.29) is 11.8 Å². The molecule has 0 saturated heterocycles. The van der Waals surface area contributed by atoms with Gasteiger partial charge in [0.1, 0.15) is 0 Å². The Balaban J connectivity index is 4.28. The topological polar surface area (TPSA) is 83.5 Å². The highest BCUT2D eigenvalue weighted by Crippen LogP contribution is 2.01. The molecule has 0 spiro atoms. The second-order valence-electron chi connectivity index (χ2n) is 3.45. The van der Waals surface area contributed by atoms with Crippen molar-refractivity contribution in [2.45, 2.75) is 33.2 Å². The van der Waals surface area contributed by atoms with Crippen molar-refractivity contribution >= 4 is 16.0 Å². The molecule has 0 heterocycles. The van der Waals surface area contributed by atoms with Gasteiger partial charge in [-0.05, 0) is 13.3 Å². The summed E-state index contributed by atoms with van der Waals surface area (Å²) in [5.41, 5.74) is 0. The Morgan fingerprint density at radius 3 is 2.29 bits per heavy atom. The van der Waals surface area contributed by atoms with Crippen LogP contribution in [0.15, 0.2) is 0 Å². The van der Waals surface area contributed by atoms with Gasteiger partial charge in [0.15, 0.2) is 0 Å². The van der Waals surface area contributed by atoms with E-state index in [1.54, 1.807) is 6.92 Å². The first kappa shape index (κ1) is 13.4. The molecule has 2 unspecified atom stereocenters. The molecular weight excluding hydrogens is 206 g/mol. The van der Waals surface area contributed by atoms with E-state index in [9.17, 15) is 13.2 Å². The summed E-state index contributed by atoms with van der Waals surface area (Å²) in [6.07, 6.45) is 0.681. The summed E-state index contributed by atoms with van der Waals surface area (Å²) in [6, 6.07) is -0.152. The van der Waals surface area contributed by atoms with Gasteiger partial charge in [-0.25, -0.2) is 13.1 Å². The Morgan fingerprint density at radius 1 is 1.43 bits per heavy atom. The molecule has 14 heavy (non-hydrogen) atoms. The first-order valence-corrected chi connectivity index (χ1v) is 6.16. The van der Waals surface area contributed by atoms with Gasteiger partial charge in [0, 0.05) is 6.04 Å². The fraction of sp³-hybridized carbons (Fsp3) is 0.875. The SMILES string of the molecule is CCC(C)NS(=O)(=O)CC(C)C(=O)O. The monoisotopic (exact) mass is 223 g/mol. The van der Waals surface area contributed by atoms with Crippen molar-refractivity contribution in [3.05, 3.63) is 0 Å². The van der Waals surface area contributed by atoms with Crippen LogP contribution in [0.25, 0.3) is 0 Å². The Labute approximate surface area is 84.6 Å². The van der Waals surface area contributed by atoms with Crippen LogP contribution >= 0.6 is 0 Å². The van der Waals surface area contributed by atoms with Crippen molar-refractivity contribution in [1.82, 2.24) is 4.72 Å². The summed E-state index contributed by atoms with van der Waals surface area (Å²) < 4.78 is 25.1. The minimum Gasteiger partial charge on any atom is -0.481 e. The van der Waals surface area contributed by atoms with E-state index in [0.29, 0.717) is 6.42 Å². The predicted molar refractivity (Wildman–Crippen MR) is 53.5 cm³/mol. The van der Waals surface area contributed by atoms with E-state index in [0.717, 1.165) is 0 Å². The Kier molecular flexibility index (Phi) is 5.07. The van der Waals surface area contributed by atoms with Gasteiger partial charge in [-0.2, -0.15) is 0 Å². The highest BCUT2D eigenvalue weighted by Gasteiger charge is 2.21. The Hall–Kier alpha value is -0.620. The van der Waals surface area contributed by atoms with E-state index in [1.807, 2.05) is 6.92 Å². The molecule has 0 aromatic heterocycles. The standard InChI is InChI=1S/C8H17NO4S/c1-4-7(3)9-14(12,13)5-6(2)8(10)11/h6-7,9H,4-5H2,1-3H3,(H,10,11). The quantitative estimate of drug-likeness (QED) is 0.683. The minimum absolute atomic E-state index is 0.152. The number of hydrogen-bond donors (Lipinski definition) is 2. The van der Waals surface area contributed by atoms with Gasteiger partial charge in [-0.3, -0.25) is 4.79 Å². The smallest absolute Gasteiger partial charge is 0.307 e. The maximum atomic E-state index is 11.3. The zero-order valence-corrected chi connectivity index (χ0v) is 9.47. The third kappa shape index (κ3) is 5.18. The number of sulfonamides is 1. The van der Waals surface area contributed by atoms with E-state index >= 15 is 0 Å². The first-order valence-electron chi connectivity index (χ1n) is 4.51. The zero-order valence-electron chi connectivity index (χ0n) is 8.65. The zero-order chi connectivity index (χ0) is 11.4. The van der Waals surface area contributed by atoms with Crippen LogP contribution in [0.5, 0.6) is 0 Å². The molecule has 6 heteroatoms. The molecule has 0 bridgehead atoms. The van der Waals surface area contributed by atoms with Crippen molar-refractivity contribution in [1.29, 1.82) is 0 Å². The molecule has 0 amide bonds. The maximum Gasteiger partial charge on any atom is 0.307 e. The van der Waals surface area contributed by atoms with Crippen molar-refractivity contribution in [3.8, 4) is 0 Å². The number of hydrogen-bond acceptors (Lipinski definition) is 3. The van der Waals surface area contributed by atoms with Gasteiger partial charge in [0.25, 0.3) is 0 Å². The summed E-state index contributed by atoms with van der Waals surface area (Å²) in [6.45, 7) is 4.97. The van der Waals surface area contributed by atoms with Crippen LogP contribution in [-0.2, 0) is 14.8 Å². The fourth-order valence-corrected chi connectivity index (χ4v) is 2.52. The van der Waals surface area contributed by atoms with E-state index in [2.05, 4.69) is 4.72 Å². The second kappa shape index (κ2) is 5.31. The average Bonchev–Trinajstić information content (AvgIpc) is 2.02. The normalized spacial score (nSPS) is 16.2. The molecule has 2 atom stereocenters. The van der Waals surface area contributed by atoms with Crippen LogP contribution in [0, 0.1) is 5.92 Å². The third-order valence-corrected chi connectivity index (χ3v) is 3.58. The van der Waals surface area contributed by atoms with Crippen molar-refractivity contribution in [2.75, 3.05) is 5.75 Å². The number of rotatable bonds is 6.